The molecule has 5 nitrogen and oxygen atoms in total. The molecule has 0 aliphatic rings. The van der Waals surface area contributed by atoms with Gasteiger partial charge in [-0.25, -0.2) is 8.42 Å². The predicted octanol–water partition coefficient (Wildman–Crippen LogP) is 5.56. The summed E-state index contributed by atoms with van der Waals surface area (Å²) >= 11 is 6.16. The van der Waals surface area contributed by atoms with Gasteiger partial charge in [0.05, 0.1) is 11.1 Å². The van der Waals surface area contributed by atoms with Crippen molar-refractivity contribution in [2.24, 2.45) is 0 Å². The van der Waals surface area contributed by atoms with Crippen molar-refractivity contribution in [2.75, 3.05) is 4.72 Å². The summed E-state index contributed by atoms with van der Waals surface area (Å²) < 4.78 is 28.3. The third-order valence-corrected chi connectivity index (χ3v) is 6.89. The van der Waals surface area contributed by atoms with Crippen molar-refractivity contribution in [1.82, 2.24) is 5.32 Å². The molecule has 0 aromatic heterocycles. The van der Waals surface area contributed by atoms with Gasteiger partial charge in [-0.15, -0.1) is 0 Å². The highest BCUT2D eigenvalue weighted by molar-refractivity contribution is 7.92. The van der Waals surface area contributed by atoms with Crippen LogP contribution in [0.1, 0.15) is 45.6 Å². The Morgan fingerprint density at radius 3 is 2.19 bits per heavy atom. The van der Waals surface area contributed by atoms with E-state index in [-0.39, 0.29) is 27.4 Å². The first-order valence-electron chi connectivity index (χ1n) is 9.84. The molecule has 0 saturated carbocycles. The molecule has 0 unspecified atom stereocenters. The minimum Gasteiger partial charge on any atom is -0.346 e. The topological polar surface area (TPSA) is 75.3 Å². The van der Waals surface area contributed by atoms with E-state index in [9.17, 15) is 13.2 Å². The number of anilines is 1. The molecule has 2 N–H and O–H groups in total. The number of carbonyl (C=O) groups is 1. The van der Waals surface area contributed by atoms with Crippen molar-refractivity contribution in [1.29, 1.82) is 0 Å². The fourth-order valence-electron chi connectivity index (χ4n) is 3.35. The quantitative estimate of drug-likeness (QED) is 0.510. The van der Waals surface area contributed by atoms with Crippen LogP contribution in [0.25, 0.3) is 0 Å². The molecular formula is C24H25ClN2O3S. The zero-order valence-corrected chi connectivity index (χ0v) is 19.4. The molecule has 0 heterocycles. The van der Waals surface area contributed by atoms with Gasteiger partial charge in [-0.1, -0.05) is 53.1 Å². The Labute approximate surface area is 188 Å². The molecule has 0 aliphatic carbocycles. The zero-order chi connectivity index (χ0) is 22.8. The average Bonchev–Trinajstić information content (AvgIpc) is 2.69. The standard InChI is InChI=1S/C24H25ClN2O3S/c1-15-5-9-20(10-6-15)27-31(29,30)23-14-19(8-12-22(23)25)24(28)26-18(4)21-11-7-16(2)13-17(21)3/h5-14,18,27H,1-4H3,(H,26,28)/t18-/m0/s1. The van der Waals surface area contributed by atoms with Crippen LogP contribution in [0, 0.1) is 20.8 Å². The van der Waals surface area contributed by atoms with Crippen LogP contribution < -0.4 is 10.0 Å². The largest absolute Gasteiger partial charge is 0.346 e. The molecule has 0 fully saturated rings. The molecule has 0 spiro atoms. The van der Waals surface area contributed by atoms with Crippen LogP contribution in [0.5, 0.6) is 0 Å². The lowest BCUT2D eigenvalue weighted by Crippen LogP contribution is -2.27. The number of hydrogen-bond acceptors (Lipinski definition) is 3. The Morgan fingerprint density at radius 1 is 0.903 bits per heavy atom. The highest BCUT2D eigenvalue weighted by Gasteiger charge is 2.21. The SMILES string of the molecule is Cc1ccc(NS(=O)(=O)c2cc(C(=O)N[C@@H](C)c3ccc(C)cc3C)ccc2Cl)cc1. The third-order valence-electron chi connectivity index (χ3n) is 5.03. The van der Waals surface area contributed by atoms with Crippen molar-refractivity contribution < 1.29 is 13.2 Å². The van der Waals surface area contributed by atoms with Gasteiger partial charge in [-0.3, -0.25) is 9.52 Å². The molecule has 162 valence electrons. The summed E-state index contributed by atoms with van der Waals surface area (Å²) in [6.07, 6.45) is 0. The predicted molar refractivity (Wildman–Crippen MR) is 125 cm³/mol. The number of nitrogens with one attached hydrogen (secondary N) is 2. The van der Waals surface area contributed by atoms with Crippen molar-refractivity contribution in [3.63, 3.8) is 0 Å². The molecule has 0 bridgehead atoms. The first-order chi connectivity index (χ1) is 14.6. The van der Waals surface area contributed by atoms with E-state index in [0.29, 0.717) is 5.69 Å². The fourth-order valence-corrected chi connectivity index (χ4v) is 4.94. The summed E-state index contributed by atoms with van der Waals surface area (Å²) in [6, 6.07) is 17.0. The second kappa shape index (κ2) is 9.12. The number of benzene rings is 3. The fraction of sp³-hybridized carbons (Fsp3) is 0.208. The maximum atomic E-state index is 12.9. The number of rotatable bonds is 6. The molecule has 31 heavy (non-hydrogen) atoms. The van der Waals surface area contributed by atoms with Crippen LogP contribution in [0.3, 0.4) is 0 Å². The van der Waals surface area contributed by atoms with E-state index in [2.05, 4.69) is 16.1 Å². The molecule has 0 aliphatic heterocycles. The van der Waals surface area contributed by atoms with E-state index >= 15 is 0 Å². The number of aryl methyl sites for hydroxylation is 3. The van der Waals surface area contributed by atoms with E-state index in [4.69, 9.17) is 11.6 Å². The second-order valence-electron chi connectivity index (χ2n) is 7.67. The van der Waals surface area contributed by atoms with Crippen LogP contribution in [0.15, 0.2) is 65.6 Å². The monoisotopic (exact) mass is 456 g/mol. The summed E-state index contributed by atoms with van der Waals surface area (Å²) in [5.74, 6) is -0.379. The van der Waals surface area contributed by atoms with Gasteiger partial charge in [0.2, 0.25) is 0 Å². The highest BCUT2D eigenvalue weighted by Crippen LogP contribution is 2.26. The lowest BCUT2D eigenvalue weighted by atomic mass is 10.00. The number of hydrogen-bond donors (Lipinski definition) is 2. The van der Waals surface area contributed by atoms with E-state index in [0.717, 1.165) is 22.3 Å². The van der Waals surface area contributed by atoms with Crippen LogP contribution in [0.2, 0.25) is 5.02 Å². The summed E-state index contributed by atoms with van der Waals surface area (Å²) in [5.41, 5.74) is 4.87. The molecule has 0 saturated heterocycles. The van der Waals surface area contributed by atoms with Gasteiger partial charge >= 0.3 is 0 Å². The number of halogens is 1. The maximum absolute atomic E-state index is 12.9. The zero-order valence-electron chi connectivity index (χ0n) is 17.9. The first-order valence-corrected chi connectivity index (χ1v) is 11.7. The maximum Gasteiger partial charge on any atom is 0.263 e. The number of carbonyl (C=O) groups excluding carboxylic acids is 1. The Kier molecular flexibility index (Phi) is 6.72. The molecule has 3 rings (SSSR count). The van der Waals surface area contributed by atoms with Gasteiger partial charge in [-0.2, -0.15) is 0 Å². The summed E-state index contributed by atoms with van der Waals surface area (Å²) in [6.45, 7) is 7.81. The van der Waals surface area contributed by atoms with Gasteiger partial charge in [0.25, 0.3) is 15.9 Å². The van der Waals surface area contributed by atoms with E-state index in [1.165, 1.54) is 18.2 Å². The average molecular weight is 457 g/mol. The van der Waals surface area contributed by atoms with Gasteiger partial charge in [-0.05, 0) is 69.2 Å². The van der Waals surface area contributed by atoms with Crippen molar-refractivity contribution >= 4 is 33.2 Å². The smallest absolute Gasteiger partial charge is 0.263 e. The minimum atomic E-state index is -3.97. The van der Waals surface area contributed by atoms with Gasteiger partial charge in [0.15, 0.2) is 0 Å². The van der Waals surface area contributed by atoms with Crippen molar-refractivity contribution in [2.45, 2.75) is 38.6 Å². The Morgan fingerprint density at radius 2 is 1.55 bits per heavy atom. The Balaban J connectivity index is 1.84. The van der Waals surface area contributed by atoms with Crippen LogP contribution >= 0.6 is 11.6 Å². The van der Waals surface area contributed by atoms with Crippen LogP contribution in [-0.4, -0.2) is 14.3 Å². The van der Waals surface area contributed by atoms with Crippen LogP contribution in [-0.2, 0) is 10.0 Å². The molecule has 0 radical (unpaired) electrons. The van der Waals surface area contributed by atoms with E-state index in [1.54, 1.807) is 24.3 Å². The van der Waals surface area contributed by atoms with Crippen LogP contribution in [0.4, 0.5) is 5.69 Å². The lowest BCUT2D eigenvalue weighted by Gasteiger charge is -2.18. The van der Waals surface area contributed by atoms with Gasteiger partial charge < -0.3 is 5.32 Å². The van der Waals surface area contributed by atoms with Gasteiger partial charge in [0.1, 0.15) is 4.90 Å². The van der Waals surface area contributed by atoms with E-state index < -0.39 is 10.0 Å². The second-order valence-corrected chi connectivity index (χ2v) is 9.73. The molecular weight excluding hydrogens is 432 g/mol. The summed E-state index contributed by atoms with van der Waals surface area (Å²) in [5, 5.41) is 2.97. The third kappa shape index (κ3) is 5.46. The number of sulfonamides is 1. The molecule has 1 amide bonds. The molecule has 3 aromatic rings. The Bertz CT molecular complexity index is 1220. The highest BCUT2D eigenvalue weighted by atomic mass is 35.5. The normalized spacial score (nSPS) is 12.3. The van der Waals surface area contributed by atoms with Gasteiger partial charge in [0, 0.05) is 11.3 Å². The van der Waals surface area contributed by atoms with Crippen molar-refractivity contribution in [3.05, 3.63) is 93.5 Å². The first kappa shape index (κ1) is 22.8. The summed E-state index contributed by atoms with van der Waals surface area (Å²) in [7, 11) is -3.97. The lowest BCUT2D eigenvalue weighted by molar-refractivity contribution is 0.0939. The molecule has 7 heteroatoms. The molecule has 3 aromatic carbocycles. The minimum absolute atomic E-state index is 0.0404. The Hall–Kier alpha value is -2.83. The van der Waals surface area contributed by atoms with E-state index in [1.807, 2.05) is 39.8 Å². The molecule has 1 atom stereocenters. The van der Waals surface area contributed by atoms with Crippen molar-refractivity contribution in [3.8, 4) is 0 Å². The summed E-state index contributed by atoms with van der Waals surface area (Å²) in [4.78, 5) is 12.7. The number of amides is 1.